The Morgan fingerprint density at radius 1 is 1.11 bits per heavy atom. The van der Waals surface area contributed by atoms with Gasteiger partial charge in [0.1, 0.15) is 4.83 Å². The maximum absolute atomic E-state index is 12.8. The summed E-state index contributed by atoms with van der Waals surface area (Å²) in [5.41, 5.74) is 2.54. The van der Waals surface area contributed by atoms with Crippen molar-refractivity contribution in [3.63, 3.8) is 0 Å². The third kappa shape index (κ3) is 2.98. The van der Waals surface area contributed by atoms with Gasteiger partial charge < -0.3 is 4.90 Å². The number of amides is 1. The summed E-state index contributed by atoms with van der Waals surface area (Å²) in [7, 11) is 1.89. The summed E-state index contributed by atoms with van der Waals surface area (Å²) < 4.78 is 1.76. The average molecular weight is 377 g/mol. The summed E-state index contributed by atoms with van der Waals surface area (Å²) in [6, 6.07) is 8.05. The molecule has 0 saturated carbocycles. The Hall–Kier alpha value is -2.80. The SMILES string of the molecule is Cn1cc2cc(-c3ccc4cc(C(=O)N5CCCCC5)sc4n3)cnc2n1. The Labute approximate surface area is 160 Å². The van der Waals surface area contributed by atoms with Crippen molar-refractivity contribution in [3.05, 3.63) is 41.5 Å². The van der Waals surface area contributed by atoms with Crippen molar-refractivity contribution < 1.29 is 4.79 Å². The summed E-state index contributed by atoms with van der Waals surface area (Å²) in [5.74, 6) is 0.137. The lowest BCUT2D eigenvalue weighted by Gasteiger charge is -2.26. The van der Waals surface area contributed by atoms with Crippen LogP contribution in [0.15, 0.2) is 36.7 Å². The minimum atomic E-state index is 0.137. The van der Waals surface area contributed by atoms with Gasteiger partial charge in [-0.15, -0.1) is 11.3 Å². The normalized spacial score (nSPS) is 14.9. The van der Waals surface area contributed by atoms with E-state index in [9.17, 15) is 4.79 Å². The molecule has 1 saturated heterocycles. The minimum absolute atomic E-state index is 0.137. The molecule has 1 fully saturated rings. The molecule has 0 unspecified atom stereocenters. The van der Waals surface area contributed by atoms with E-state index in [2.05, 4.69) is 16.1 Å². The van der Waals surface area contributed by atoms with E-state index in [1.165, 1.54) is 17.8 Å². The van der Waals surface area contributed by atoms with Crippen LogP contribution in [0.5, 0.6) is 0 Å². The van der Waals surface area contributed by atoms with E-state index in [0.717, 1.165) is 63.3 Å². The van der Waals surface area contributed by atoms with Crippen LogP contribution in [-0.2, 0) is 7.05 Å². The zero-order chi connectivity index (χ0) is 18.4. The van der Waals surface area contributed by atoms with Gasteiger partial charge in [0.05, 0.1) is 10.6 Å². The van der Waals surface area contributed by atoms with Gasteiger partial charge in [-0.2, -0.15) is 5.10 Å². The molecule has 1 aliphatic heterocycles. The molecule has 0 radical (unpaired) electrons. The van der Waals surface area contributed by atoms with Gasteiger partial charge in [-0.25, -0.2) is 9.97 Å². The molecule has 0 spiro atoms. The molecule has 136 valence electrons. The minimum Gasteiger partial charge on any atom is -0.338 e. The summed E-state index contributed by atoms with van der Waals surface area (Å²) in [6.07, 6.45) is 7.17. The van der Waals surface area contributed by atoms with Gasteiger partial charge in [0.25, 0.3) is 5.91 Å². The highest BCUT2D eigenvalue weighted by atomic mass is 32.1. The number of piperidine rings is 1. The second kappa shape index (κ2) is 6.42. The van der Waals surface area contributed by atoms with Gasteiger partial charge in [-0.3, -0.25) is 9.48 Å². The van der Waals surface area contributed by atoms with Gasteiger partial charge >= 0.3 is 0 Å². The fourth-order valence-electron chi connectivity index (χ4n) is 3.61. The predicted octanol–water partition coefficient (Wildman–Crippen LogP) is 3.87. The van der Waals surface area contributed by atoms with Crippen LogP contribution >= 0.6 is 11.3 Å². The number of hydrogen-bond donors (Lipinski definition) is 0. The number of carbonyl (C=O) groups is 1. The van der Waals surface area contributed by atoms with Crippen LogP contribution in [0.1, 0.15) is 28.9 Å². The van der Waals surface area contributed by atoms with E-state index in [4.69, 9.17) is 4.98 Å². The second-order valence-corrected chi connectivity index (χ2v) is 8.02. The smallest absolute Gasteiger partial charge is 0.264 e. The van der Waals surface area contributed by atoms with Crippen molar-refractivity contribution in [2.24, 2.45) is 7.05 Å². The molecular formula is C20H19N5OS. The Bertz CT molecular complexity index is 1160. The largest absolute Gasteiger partial charge is 0.338 e. The lowest BCUT2D eigenvalue weighted by atomic mass is 10.1. The molecule has 27 heavy (non-hydrogen) atoms. The number of pyridine rings is 2. The lowest BCUT2D eigenvalue weighted by molar-refractivity contribution is 0.0729. The summed E-state index contributed by atoms with van der Waals surface area (Å²) >= 11 is 1.48. The van der Waals surface area contributed by atoms with E-state index in [1.807, 2.05) is 36.3 Å². The first-order chi connectivity index (χ1) is 13.2. The zero-order valence-electron chi connectivity index (χ0n) is 15.1. The molecule has 1 aliphatic rings. The second-order valence-electron chi connectivity index (χ2n) is 6.99. The highest BCUT2D eigenvalue weighted by Gasteiger charge is 2.20. The summed E-state index contributed by atoms with van der Waals surface area (Å²) in [6.45, 7) is 1.73. The quantitative estimate of drug-likeness (QED) is 0.532. The molecule has 0 aromatic carbocycles. The van der Waals surface area contributed by atoms with Gasteiger partial charge in [0, 0.05) is 48.9 Å². The Kier molecular flexibility index (Phi) is 3.89. The van der Waals surface area contributed by atoms with Crippen molar-refractivity contribution in [1.29, 1.82) is 0 Å². The highest BCUT2D eigenvalue weighted by Crippen LogP contribution is 2.29. The first-order valence-electron chi connectivity index (χ1n) is 9.17. The molecule has 5 rings (SSSR count). The highest BCUT2D eigenvalue weighted by molar-refractivity contribution is 7.20. The number of nitrogens with zero attached hydrogens (tertiary/aromatic N) is 5. The van der Waals surface area contributed by atoms with Crippen LogP contribution in [0.3, 0.4) is 0 Å². The Balaban J connectivity index is 1.50. The predicted molar refractivity (Wildman–Crippen MR) is 107 cm³/mol. The van der Waals surface area contributed by atoms with Crippen LogP contribution in [0.4, 0.5) is 0 Å². The van der Waals surface area contributed by atoms with Gasteiger partial charge in [-0.05, 0) is 43.5 Å². The molecule has 7 heteroatoms. The molecule has 0 N–H and O–H groups in total. The van der Waals surface area contributed by atoms with Crippen LogP contribution in [0.2, 0.25) is 0 Å². The fourth-order valence-corrected chi connectivity index (χ4v) is 4.61. The summed E-state index contributed by atoms with van der Waals surface area (Å²) in [4.78, 5) is 25.6. The van der Waals surface area contributed by atoms with Crippen molar-refractivity contribution in [2.45, 2.75) is 19.3 Å². The lowest BCUT2D eigenvalue weighted by Crippen LogP contribution is -2.35. The van der Waals surface area contributed by atoms with E-state index >= 15 is 0 Å². The number of fused-ring (bicyclic) bond motifs is 2. The van der Waals surface area contributed by atoms with Gasteiger partial charge in [-0.1, -0.05) is 0 Å². The maximum atomic E-state index is 12.8. The monoisotopic (exact) mass is 377 g/mol. The van der Waals surface area contributed by atoms with Crippen molar-refractivity contribution >= 4 is 38.5 Å². The molecule has 4 aromatic heterocycles. The molecule has 5 heterocycles. The number of carbonyl (C=O) groups excluding carboxylic acids is 1. The molecule has 1 amide bonds. The number of hydrogen-bond acceptors (Lipinski definition) is 5. The van der Waals surface area contributed by atoms with E-state index in [-0.39, 0.29) is 5.91 Å². The van der Waals surface area contributed by atoms with Crippen LogP contribution in [0, 0.1) is 0 Å². The standard InChI is InChI=1S/C20H19N5OS/c1-24-12-15-9-14(11-21-18(15)23-24)16-6-5-13-10-17(27-19(13)22-16)20(26)25-7-3-2-4-8-25/h5-6,9-12H,2-4,7-8H2,1H3. The van der Waals surface area contributed by atoms with Crippen LogP contribution in [-0.4, -0.2) is 43.6 Å². The van der Waals surface area contributed by atoms with Crippen molar-refractivity contribution in [1.82, 2.24) is 24.6 Å². The van der Waals surface area contributed by atoms with Crippen LogP contribution in [0.25, 0.3) is 32.5 Å². The Morgan fingerprint density at radius 2 is 1.96 bits per heavy atom. The topological polar surface area (TPSA) is 63.9 Å². The number of thiophene rings is 1. The number of rotatable bonds is 2. The van der Waals surface area contributed by atoms with E-state index in [1.54, 1.807) is 10.9 Å². The molecule has 0 atom stereocenters. The molecule has 0 bridgehead atoms. The molecule has 0 aliphatic carbocycles. The third-order valence-corrected chi connectivity index (χ3v) is 6.04. The first-order valence-corrected chi connectivity index (χ1v) is 9.99. The number of aromatic nitrogens is 4. The van der Waals surface area contributed by atoms with E-state index < -0.39 is 0 Å². The van der Waals surface area contributed by atoms with E-state index in [0.29, 0.717) is 0 Å². The van der Waals surface area contributed by atoms with Gasteiger partial charge in [0.15, 0.2) is 5.65 Å². The maximum Gasteiger partial charge on any atom is 0.264 e. The third-order valence-electron chi connectivity index (χ3n) is 5.01. The molecular weight excluding hydrogens is 358 g/mol. The first kappa shape index (κ1) is 16.4. The fraction of sp³-hybridized carbons (Fsp3) is 0.300. The van der Waals surface area contributed by atoms with Crippen molar-refractivity contribution in [3.8, 4) is 11.3 Å². The average Bonchev–Trinajstić information content (AvgIpc) is 3.29. The zero-order valence-corrected chi connectivity index (χ0v) is 15.9. The molecule has 6 nitrogen and oxygen atoms in total. The number of aryl methyl sites for hydroxylation is 1. The van der Waals surface area contributed by atoms with Gasteiger partial charge in [0.2, 0.25) is 0 Å². The number of likely N-dealkylation sites (tertiary alicyclic amines) is 1. The van der Waals surface area contributed by atoms with Crippen LogP contribution < -0.4 is 0 Å². The molecule has 4 aromatic rings. The van der Waals surface area contributed by atoms with Crippen molar-refractivity contribution in [2.75, 3.05) is 13.1 Å². The Morgan fingerprint density at radius 3 is 2.81 bits per heavy atom. The summed E-state index contributed by atoms with van der Waals surface area (Å²) in [5, 5.41) is 6.31.